The standard InChI is InChI=1S/C26H29N3O/c1-27-22-12-14-24(15-13-22)29-18-16-21(17-19-29)25(20-8-4-2-5-9-20)26(30)28-23-10-6-3-7-11-23/h2-15,21,25,27H,16-19H2,1H3,(H,28,30). The summed E-state index contributed by atoms with van der Waals surface area (Å²) in [5, 5.41) is 6.30. The van der Waals surface area contributed by atoms with Gasteiger partial charge in [-0.25, -0.2) is 0 Å². The Kier molecular flexibility index (Phi) is 6.33. The number of hydrogen-bond acceptors (Lipinski definition) is 3. The lowest BCUT2D eigenvalue weighted by Crippen LogP contribution is -2.38. The average Bonchev–Trinajstić information content (AvgIpc) is 2.81. The molecule has 30 heavy (non-hydrogen) atoms. The second-order valence-corrected chi connectivity index (χ2v) is 7.86. The molecular weight excluding hydrogens is 370 g/mol. The molecule has 3 aromatic carbocycles. The maximum atomic E-state index is 13.3. The van der Waals surface area contributed by atoms with E-state index >= 15 is 0 Å². The smallest absolute Gasteiger partial charge is 0.232 e. The highest BCUT2D eigenvalue weighted by Crippen LogP contribution is 2.35. The molecule has 4 rings (SSSR count). The van der Waals surface area contributed by atoms with Crippen molar-refractivity contribution in [2.24, 2.45) is 5.92 Å². The van der Waals surface area contributed by atoms with Crippen molar-refractivity contribution in [1.29, 1.82) is 0 Å². The van der Waals surface area contributed by atoms with Crippen LogP contribution >= 0.6 is 0 Å². The van der Waals surface area contributed by atoms with Gasteiger partial charge >= 0.3 is 0 Å². The molecule has 0 aromatic heterocycles. The summed E-state index contributed by atoms with van der Waals surface area (Å²) in [5.41, 5.74) is 4.32. The van der Waals surface area contributed by atoms with Crippen LogP contribution in [0, 0.1) is 5.92 Å². The molecular formula is C26H29N3O. The molecule has 0 spiro atoms. The van der Waals surface area contributed by atoms with Crippen molar-refractivity contribution >= 4 is 23.0 Å². The molecule has 1 aliphatic heterocycles. The van der Waals surface area contributed by atoms with Gasteiger partial charge in [0.25, 0.3) is 0 Å². The highest BCUT2D eigenvalue weighted by molar-refractivity contribution is 5.96. The summed E-state index contributed by atoms with van der Waals surface area (Å²) < 4.78 is 0. The molecule has 1 atom stereocenters. The molecule has 4 heteroatoms. The lowest BCUT2D eigenvalue weighted by Gasteiger charge is -2.37. The lowest BCUT2D eigenvalue weighted by atomic mass is 9.79. The highest BCUT2D eigenvalue weighted by atomic mass is 16.1. The number of nitrogens with zero attached hydrogens (tertiary/aromatic N) is 1. The minimum Gasteiger partial charge on any atom is -0.388 e. The minimum absolute atomic E-state index is 0.0872. The van der Waals surface area contributed by atoms with Gasteiger partial charge in [-0.05, 0) is 60.7 Å². The van der Waals surface area contributed by atoms with Crippen LogP contribution in [0.1, 0.15) is 24.3 Å². The molecule has 3 aromatic rings. The van der Waals surface area contributed by atoms with Crippen LogP contribution in [0.25, 0.3) is 0 Å². The third kappa shape index (κ3) is 4.65. The third-order valence-corrected chi connectivity index (χ3v) is 6.01. The van der Waals surface area contributed by atoms with E-state index in [1.807, 2.05) is 55.6 Å². The van der Waals surface area contributed by atoms with Gasteiger partial charge in [0.15, 0.2) is 0 Å². The van der Waals surface area contributed by atoms with Crippen molar-refractivity contribution < 1.29 is 4.79 Å². The van der Waals surface area contributed by atoms with E-state index in [1.54, 1.807) is 0 Å². The summed E-state index contributed by atoms with van der Waals surface area (Å²) in [7, 11) is 1.94. The molecule has 4 nitrogen and oxygen atoms in total. The quantitative estimate of drug-likeness (QED) is 0.586. The maximum absolute atomic E-state index is 13.3. The zero-order chi connectivity index (χ0) is 20.8. The number of hydrogen-bond donors (Lipinski definition) is 2. The van der Waals surface area contributed by atoms with Crippen molar-refractivity contribution in [3.05, 3.63) is 90.5 Å². The van der Waals surface area contributed by atoms with Gasteiger partial charge < -0.3 is 15.5 Å². The van der Waals surface area contributed by atoms with E-state index in [0.717, 1.165) is 42.9 Å². The van der Waals surface area contributed by atoms with Crippen LogP contribution in [0.3, 0.4) is 0 Å². The molecule has 1 saturated heterocycles. The van der Waals surface area contributed by atoms with Crippen LogP contribution in [0.2, 0.25) is 0 Å². The summed E-state index contributed by atoms with van der Waals surface area (Å²) in [5.74, 6) is 0.272. The van der Waals surface area contributed by atoms with E-state index in [4.69, 9.17) is 0 Å². The van der Waals surface area contributed by atoms with Crippen LogP contribution in [-0.4, -0.2) is 26.0 Å². The molecule has 0 aliphatic carbocycles. The molecule has 2 N–H and O–H groups in total. The fourth-order valence-electron chi connectivity index (χ4n) is 4.37. The van der Waals surface area contributed by atoms with Crippen LogP contribution in [0.5, 0.6) is 0 Å². The fourth-order valence-corrected chi connectivity index (χ4v) is 4.37. The first kappa shape index (κ1) is 20.0. The SMILES string of the molecule is CNc1ccc(N2CCC(C(C(=O)Nc3ccccc3)c3ccccc3)CC2)cc1. The van der Waals surface area contributed by atoms with Crippen molar-refractivity contribution in [1.82, 2.24) is 0 Å². The molecule has 1 unspecified atom stereocenters. The average molecular weight is 400 g/mol. The number of piperidine rings is 1. The number of nitrogens with one attached hydrogen (secondary N) is 2. The number of anilines is 3. The normalized spacial score (nSPS) is 15.4. The maximum Gasteiger partial charge on any atom is 0.232 e. The molecule has 154 valence electrons. The monoisotopic (exact) mass is 399 g/mol. The van der Waals surface area contributed by atoms with Gasteiger partial charge in [-0.2, -0.15) is 0 Å². The Hall–Kier alpha value is -3.27. The molecule has 1 fully saturated rings. The Labute approximate surface area is 178 Å². The number of carbonyl (C=O) groups excluding carboxylic acids is 1. The predicted octanol–water partition coefficient (Wildman–Crippen LogP) is 5.37. The number of benzene rings is 3. The van der Waals surface area contributed by atoms with E-state index < -0.39 is 0 Å². The Morgan fingerprint density at radius 1 is 0.833 bits per heavy atom. The zero-order valence-electron chi connectivity index (χ0n) is 17.4. The lowest BCUT2D eigenvalue weighted by molar-refractivity contribution is -0.118. The number of rotatable bonds is 6. The fraction of sp³-hybridized carbons (Fsp3) is 0.269. The van der Waals surface area contributed by atoms with Crippen molar-refractivity contribution in [2.75, 3.05) is 35.7 Å². The van der Waals surface area contributed by atoms with E-state index in [9.17, 15) is 4.79 Å². The van der Waals surface area contributed by atoms with Crippen LogP contribution < -0.4 is 15.5 Å². The molecule has 0 radical (unpaired) electrons. The van der Waals surface area contributed by atoms with Crippen LogP contribution in [0.15, 0.2) is 84.9 Å². The Bertz CT molecular complexity index is 933. The van der Waals surface area contributed by atoms with Crippen molar-refractivity contribution in [2.45, 2.75) is 18.8 Å². The molecule has 0 bridgehead atoms. The second-order valence-electron chi connectivity index (χ2n) is 7.86. The summed E-state index contributed by atoms with van der Waals surface area (Å²) in [4.78, 5) is 15.7. The molecule has 0 saturated carbocycles. The van der Waals surface area contributed by atoms with Gasteiger partial charge in [-0.1, -0.05) is 48.5 Å². The Morgan fingerprint density at radius 3 is 2.03 bits per heavy atom. The van der Waals surface area contributed by atoms with Crippen LogP contribution in [0.4, 0.5) is 17.1 Å². The zero-order valence-corrected chi connectivity index (χ0v) is 17.4. The van der Waals surface area contributed by atoms with Gasteiger partial charge in [0.05, 0.1) is 5.92 Å². The van der Waals surface area contributed by atoms with E-state index in [2.05, 4.69) is 51.9 Å². The van der Waals surface area contributed by atoms with E-state index in [0.29, 0.717) is 5.92 Å². The second kappa shape index (κ2) is 9.49. The van der Waals surface area contributed by atoms with Gasteiger partial charge in [0.1, 0.15) is 0 Å². The van der Waals surface area contributed by atoms with Gasteiger partial charge in [-0.3, -0.25) is 4.79 Å². The summed E-state index contributed by atoms with van der Waals surface area (Å²) in [6.07, 6.45) is 1.99. The first-order chi connectivity index (χ1) is 14.7. The predicted molar refractivity (Wildman–Crippen MR) is 125 cm³/mol. The van der Waals surface area contributed by atoms with Gasteiger partial charge in [-0.15, -0.1) is 0 Å². The Balaban J connectivity index is 1.48. The topological polar surface area (TPSA) is 44.4 Å². The number of para-hydroxylation sites is 1. The van der Waals surface area contributed by atoms with Crippen molar-refractivity contribution in [3.63, 3.8) is 0 Å². The molecule has 1 heterocycles. The van der Waals surface area contributed by atoms with Gasteiger partial charge in [0.2, 0.25) is 5.91 Å². The van der Waals surface area contributed by atoms with E-state index in [1.165, 1.54) is 5.69 Å². The first-order valence-corrected chi connectivity index (χ1v) is 10.7. The third-order valence-electron chi connectivity index (χ3n) is 6.01. The van der Waals surface area contributed by atoms with Crippen LogP contribution in [-0.2, 0) is 4.79 Å². The van der Waals surface area contributed by atoms with E-state index in [-0.39, 0.29) is 11.8 Å². The summed E-state index contributed by atoms with van der Waals surface area (Å²) >= 11 is 0. The molecule has 1 amide bonds. The highest BCUT2D eigenvalue weighted by Gasteiger charge is 2.32. The summed E-state index contributed by atoms with van der Waals surface area (Å²) in [6.45, 7) is 1.93. The van der Waals surface area contributed by atoms with Gasteiger partial charge in [0, 0.05) is 37.2 Å². The largest absolute Gasteiger partial charge is 0.388 e. The molecule has 1 aliphatic rings. The summed E-state index contributed by atoms with van der Waals surface area (Å²) in [6, 6.07) is 28.5. The first-order valence-electron chi connectivity index (χ1n) is 10.7. The minimum atomic E-state index is -0.139. The number of amides is 1. The number of carbonyl (C=O) groups is 1. The van der Waals surface area contributed by atoms with Crippen molar-refractivity contribution in [3.8, 4) is 0 Å². The Morgan fingerprint density at radius 2 is 1.43 bits per heavy atom.